The second-order valence-electron chi connectivity index (χ2n) is 3.70. The van der Waals surface area contributed by atoms with E-state index >= 15 is 0 Å². The van der Waals surface area contributed by atoms with Gasteiger partial charge in [0.1, 0.15) is 5.75 Å². The summed E-state index contributed by atoms with van der Waals surface area (Å²) in [4.78, 5) is 0.234. The zero-order chi connectivity index (χ0) is 13.1. The summed E-state index contributed by atoms with van der Waals surface area (Å²) in [6.45, 7) is 1.76. The van der Waals surface area contributed by atoms with Crippen LogP contribution >= 0.6 is 11.6 Å². The molecule has 0 aliphatic rings. The molecule has 0 aliphatic carbocycles. The topological polar surface area (TPSA) is 46.6 Å². The minimum Gasteiger partial charge on any atom is -0.497 e. The minimum atomic E-state index is -3.48. The molecule has 96 valence electrons. The number of methoxy groups -OCH3 is 1. The van der Waals surface area contributed by atoms with Crippen molar-refractivity contribution in [1.82, 2.24) is 4.31 Å². The van der Waals surface area contributed by atoms with E-state index in [1.54, 1.807) is 19.1 Å². The highest BCUT2D eigenvalue weighted by Crippen LogP contribution is 2.20. The molecule has 0 fully saturated rings. The van der Waals surface area contributed by atoms with Gasteiger partial charge >= 0.3 is 0 Å². The third-order valence-corrected chi connectivity index (χ3v) is 5.01. The first kappa shape index (κ1) is 14.3. The number of halogens is 1. The Balaban J connectivity index is 3.04. The van der Waals surface area contributed by atoms with Crippen molar-refractivity contribution < 1.29 is 13.2 Å². The summed E-state index contributed by atoms with van der Waals surface area (Å²) in [5.74, 6) is 0.878. The molecular weight excluding hydrogens is 262 g/mol. The lowest BCUT2D eigenvalue weighted by atomic mass is 10.3. The monoisotopic (exact) mass is 277 g/mol. The molecule has 0 spiro atoms. The Hall–Kier alpha value is -0.780. The van der Waals surface area contributed by atoms with Gasteiger partial charge in [-0.2, -0.15) is 4.31 Å². The number of ether oxygens (including phenoxy) is 1. The number of sulfonamides is 1. The van der Waals surface area contributed by atoms with Crippen molar-refractivity contribution in [1.29, 1.82) is 0 Å². The van der Waals surface area contributed by atoms with Gasteiger partial charge in [-0.15, -0.1) is 11.6 Å². The van der Waals surface area contributed by atoms with Crippen LogP contribution in [0.25, 0.3) is 0 Å². The second-order valence-corrected chi connectivity index (χ2v) is 6.01. The summed E-state index contributed by atoms with van der Waals surface area (Å²) in [7, 11) is -0.429. The number of nitrogens with zero attached hydrogens (tertiary/aromatic N) is 1. The van der Waals surface area contributed by atoms with E-state index in [4.69, 9.17) is 16.3 Å². The average Bonchev–Trinajstić information content (AvgIpc) is 2.36. The van der Waals surface area contributed by atoms with Gasteiger partial charge in [0.15, 0.2) is 0 Å². The molecule has 1 atom stereocenters. The van der Waals surface area contributed by atoms with Crippen LogP contribution < -0.4 is 4.74 Å². The molecular formula is C11H16ClNO3S. The molecule has 0 heterocycles. The van der Waals surface area contributed by atoms with Crippen LogP contribution in [-0.2, 0) is 10.0 Å². The van der Waals surface area contributed by atoms with Crippen LogP contribution in [-0.4, -0.2) is 38.8 Å². The fourth-order valence-corrected chi connectivity index (χ4v) is 2.90. The number of hydrogen-bond donors (Lipinski definition) is 0. The standard InChI is InChI=1S/C11H16ClNO3S/c1-9(8-12)13(2)17(14,15)11-6-4-10(16-3)5-7-11/h4-7,9H,8H2,1-3H3. The van der Waals surface area contributed by atoms with Crippen molar-refractivity contribution in [3.05, 3.63) is 24.3 Å². The van der Waals surface area contributed by atoms with Crippen LogP contribution in [0.4, 0.5) is 0 Å². The van der Waals surface area contributed by atoms with Gasteiger partial charge in [-0.3, -0.25) is 0 Å². The first-order chi connectivity index (χ1) is 7.93. The third-order valence-electron chi connectivity index (χ3n) is 2.58. The summed E-state index contributed by atoms with van der Waals surface area (Å²) in [6, 6.07) is 6.03. The van der Waals surface area contributed by atoms with E-state index in [1.807, 2.05) is 0 Å². The fourth-order valence-electron chi connectivity index (χ4n) is 1.25. The highest BCUT2D eigenvalue weighted by atomic mass is 35.5. The van der Waals surface area contributed by atoms with Gasteiger partial charge in [-0.1, -0.05) is 0 Å². The maximum atomic E-state index is 12.2. The van der Waals surface area contributed by atoms with Crippen LogP contribution in [0, 0.1) is 0 Å². The van der Waals surface area contributed by atoms with Gasteiger partial charge in [0.05, 0.1) is 12.0 Å². The van der Waals surface area contributed by atoms with E-state index in [1.165, 1.54) is 30.6 Å². The van der Waals surface area contributed by atoms with Crippen LogP contribution in [0.15, 0.2) is 29.2 Å². The summed E-state index contributed by atoms with van der Waals surface area (Å²) in [5.41, 5.74) is 0. The maximum Gasteiger partial charge on any atom is 0.243 e. The van der Waals surface area contributed by atoms with Gasteiger partial charge in [0.2, 0.25) is 10.0 Å². The summed E-state index contributed by atoms with van der Waals surface area (Å²) >= 11 is 5.66. The lowest BCUT2D eigenvalue weighted by Gasteiger charge is -2.22. The Morgan fingerprint density at radius 1 is 1.35 bits per heavy atom. The van der Waals surface area contributed by atoms with Crippen molar-refractivity contribution in [3.8, 4) is 5.75 Å². The first-order valence-corrected chi connectivity index (χ1v) is 7.09. The smallest absolute Gasteiger partial charge is 0.243 e. The Bertz CT molecular complexity index is 458. The SMILES string of the molecule is COc1ccc(S(=O)(=O)N(C)C(C)CCl)cc1. The van der Waals surface area contributed by atoms with Crippen molar-refractivity contribution in [2.24, 2.45) is 0 Å². The van der Waals surface area contributed by atoms with Crippen LogP contribution in [0.3, 0.4) is 0 Å². The van der Waals surface area contributed by atoms with Crippen LogP contribution in [0.2, 0.25) is 0 Å². The van der Waals surface area contributed by atoms with E-state index < -0.39 is 10.0 Å². The van der Waals surface area contributed by atoms with E-state index in [0.717, 1.165) is 0 Å². The Kier molecular flexibility index (Phi) is 4.80. The fraction of sp³-hybridized carbons (Fsp3) is 0.455. The Morgan fingerprint density at radius 3 is 2.29 bits per heavy atom. The highest BCUT2D eigenvalue weighted by Gasteiger charge is 2.24. The number of alkyl halides is 1. The van der Waals surface area contributed by atoms with Crippen LogP contribution in [0.1, 0.15) is 6.92 Å². The minimum absolute atomic E-state index is 0.234. The van der Waals surface area contributed by atoms with Crippen molar-refractivity contribution in [2.45, 2.75) is 17.9 Å². The van der Waals surface area contributed by atoms with Gasteiger partial charge in [0.25, 0.3) is 0 Å². The molecule has 17 heavy (non-hydrogen) atoms. The molecule has 1 unspecified atom stereocenters. The zero-order valence-electron chi connectivity index (χ0n) is 10.1. The van der Waals surface area contributed by atoms with E-state index in [0.29, 0.717) is 5.75 Å². The molecule has 0 saturated carbocycles. The third kappa shape index (κ3) is 3.12. The summed E-state index contributed by atoms with van der Waals surface area (Å²) in [5, 5.41) is 0. The number of rotatable bonds is 5. The second kappa shape index (κ2) is 5.71. The van der Waals surface area contributed by atoms with Crippen LogP contribution in [0.5, 0.6) is 5.75 Å². The van der Waals surface area contributed by atoms with E-state index in [9.17, 15) is 8.42 Å². The molecule has 4 nitrogen and oxygen atoms in total. The van der Waals surface area contributed by atoms with Crippen molar-refractivity contribution >= 4 is 21.6 Å². The molecule has 0 aromatic heterocycles. The molecule has 0 bridgehead atoms. The quantitative estimate of drug-likeness (QED) is 0.773. The molecule has 1 rings (SSSR count). The predicted octanol–water partition coefficient (Wildman–Crippen LogP) is 1.94. The number of hydrogen-bond acceptors (Lipinski definition) is 3. The lowest BCUT2D eigenvalue weighted by Crippen LogP contribution is -2.36. The van der Waals surface area contributed by atoms with E-state index in [-0.39, 0.29) is 16.8 Å². The Labute approximate surface area is 107 Å². The normalized spacial score (nSPS) is 13.7. The highest BCUT2D eigenvalue weighted by molar-refractivity contribution is 7.89. The predicted molar refractivity (Wildman–Crippen MR) is 68.1 cm³/mol. The molecule has 0 aliphatic heterocycles. The molecule has 0 radical (unpaired) electrons. The first-order valence-electron chi connectivity index (χ1n) is 5.11. The maximum absolute atomic E-state index is 12.2. The van der Waals surface area contributed by atoms with Gasteiger partial charge < -0.3 is 4.74 Å². The molecule has 6 heteroatoms. The molecule has 1 aromatic carbocycles. The average molecular weight is 278 g/mol. The largest absolute Gasteiger partial charge is 0.497 e. The van der Waals surface area contributed by atoms with Gasteiger partial charge in [0, 0.05) is 19.0 Å². The molecule has 0 saturated heterocycles. The van der Waals surface area contributed by atoms with Gasteiger partial charge in [-0.25, -0.2) is 8.42 Å². The van der Waals surface area contributed by atoms with E-state index in [2.05, 4.69) is 0 Å². The summed E-state index contributed by atoms with van der Waals surface area (Å²) in [6.07, 6.45) is 0. The lowest BCUT2D eigenvalue weighted by molar-refractivity contribution is 0.410. The van der Waals surface area contributed by atoms with Gasteiger partial charge in [-0.05, 0) is 31.2 Å². The molecule has 1 aromatic rings. The molecule has 0 amide bonds. The van der Waals surface area contributed by atoms with Crippen molar-refractivity contribution in [3.63, 3.8) is 0 Å². The summed E-state index contributed by atoms with van der Waals surface area (Å²) < 4.78 is 30.6. The number of benzene rings is 1. The zero-order valence-corrected chi connectivity index (χ0v) is 11.6. The molecule has 0 N–H and O–H groups in total. The Morgan fingerprint density at radius 2 is 1.88 bits per heavy atom. The van der Waals surface area contributed by atoms with Crippen molar-refractivity contribution in [2.75, 3.05) is 20.0 Å².